The summed E-state index contributed by atoms with van der Waals surface area (Å²) < 4.78 is 0. The molecule has 2 aromatic heterocycles. The minimum atomic E-state index is 0.0406. The molecule has 0 saturated carbocycles. The van der Waals surface area contributed by atoms with Crippen molar-refractivity contribution in [2.75, 3.05) is 11.4 Å². The molecule has 4 rings (SSSR count). The predicted octanol–water partition coefficient (Wildman–Crippen LogP) is 4.41. The van der Waals surface area contributed by atoms with Gasteiger partial charge in [-0.05, 0) is 64.9 Å². The maximum absolute atomic E-state index is 12.5. The van der Waals surface area contributed by atoms with E-state index in [-0.39, 0.29) is 5.91 Å². The maximum atomic E-state index is 12.5. The average Bonchev–Trinajstić information content (AvgIpc) is 3.29. The van der Waals surface area contributed by atoms with Crippen LogP contribution in [0.3, 0.4) is 0 Å². The van der Waals surface area contributed by atoms with Gasteiger partial charge in [0.2, 0.25) is 0 Å². The number of thiophene rings is 1. The first-order valence-corrected chi connectivity index (χ1v) is 8.76. The third kappa shape index (κ3) is 2.88. The highest BCUT2D eigenvalue weighted by Crippen LogP contribution is 2.32. The molecule has 24 heavy (non-hydrogen) atoms. The van der Waals surface area contributed by atoms with Crippen LogP contribution in [0.1, 0.15) is 10.4 Å². The van der Waals surface area contributed by atoms with Gasteiger partial charge in [0, 0.05) is 35.6 Å². The van der Waals surface area contributed by atoms with Crippen molar-refractivity contribution in [2.24, 2.45) is 0 Å². The number of anilines is 1. The van der Waals surface area contributed by atoms with Crippen LogP contribution in [0, 0.1) is 0 Å². The molecule has 1 aliphatic rings. The second kappa shape index (κ2) is 6.42. The molecule has 0 N–H and O–H groups in total. The number of amides is 1. The van der Waals surface area contributed by atoms with Gasteiger partial charge in [-0.2, -0.15) is 0 Å². The number of hydrogen-bond acceptors (Lipinski definition) is 3. The Morgan fingerprint density at radius 2 is 2.00 bits per heavy atom. The summed E-state index contributed by atoms with van der Waals surface area (Å²) in [4.78, 5) is 19.5. The number of carbonyl (C=O) groups is 1. The Balaban J connectivity index is 1.57. The van der Waals surface area contributed by atoms with Crippen molar-refractivity contribution in [2.45, 2.75) is 6.42 Å². The van der Waals surface area contributed by atoms with Gasteiger partial charge in [-0.25, -0.2) is 0 Å². The first-order chi connectivity index (χ1) is 11.8. The Kier molecular flexibility index (Phi) is 3.97. The third-order valence-corrected chi connectivity index (χ3v) is 5.03. The van der Waals surface area contributed by atoms with Crippen molar-refractivity contribution in [1.82, 2.24) is 4.98 Å². The van der Waals surface area contributed by atoms with E-state index in [0.29, 0.717) is 0 Å². The zero-order valence-corrected chi connectivity index (χ0v) is 13.9. The van der Waals surface area contributed by atoms with Crippen LogP contribution in [0.5, 0.6) is 0 Å². The van der Waals surface area contributed by atoms with E-state index >= 15 is 0 Å². The monoisotopic (exact) mass is 332 g/mol. The van der Waals surface area contributed by atoms with Gasteiger partial charge in [-0.1, -0.05) is 12.1 Å². The average molecular weight is 332 g/mol. The highest BCUT2D eigenvalue weighted by Gasteiger charge is 2.23. The lowest BCUT2D eigenvalue weighted by molar-refractivity contribution is -0.114. The summed E-state index contributed by atoms with van der Waals surface area (Å²) in [7, 11) is 0. The molecule has 0 radical (unpaired) electrons. The molecule has 1 aliphatic heterocycles. The number of benzene rings is 1. The second-order valence-electron chi connectivity index (χ2n) is 5.67. The smallest absolute Gasteiger partial charge is 0.251 e. The first-order valence-electron chi connectivity index (χ1n) is 7.88. The molecule has 0 saturated heterocycles. The molecule has 118 valence electrons. The van der Waals surface area contributed by atoms with Gasteiger partial charge in [-0.15, -0.1) is 11.3 Å². The van der Waals surface area contributed by atoms with E-state index in [2.05, 4.69) is 23.2 Å². The molecule has 3 heterocycles. The van der Waals surface area contributed by atoms with Crippen molar-refractivity contribution in [3.63, 3.8) is 0 Å². The largest absolute Gasteiger partial charge is 0.308 e. The summed E-state index contributed by atoms with van der Waals surface area (Å²) in [5.41, 5.74) is 4.56. The fourth-order valence-corrected chi connectivity index (χ4v) is 3.60. The summed E-state index contributed by atoms with van der Waals surface area (Å²) in [6.07, 6.45) is 8.04. The lowest BCUT2D eigenvalue weighted by atomic mass is 10.0. The molecular weight excluding hydrogens is 316 g/mol. The topological polar surface area (TPSA) is 33.2 Å². The number of pyridine rings is 1. The van der Waals surface area contributed by atoms with E-state index in [9.17, 15) is 4.79 Å². The van der Waals surface area contributed by atoms with E-state index < -0.39 is 0 Å². The summed E-state index contributed by atoms with van der Waals surface area (Å²) in [5, 5.41) is 2.01. The lowest BCUT2D eigenvalue weighted by Gasteiger charge is -2.15. The fraction of sp³-hybridized carbons (Fsp3) is 0.100. The Hall–Kier alpha value is -2.72. The van der Waals surface area contributed by atoms with Gasteiger partial charge in [0.15, 0.2) is 0 Å². The maximum Gasteiger partial charge on any atom is 0.251 e. The van der Waals surface area contributed by atoms with Crippen LogP contribution in [0.25, 0.3) is 17.2 Å². The molecule has 0 fully saturated rings. The van der Waals surface area contributed by atoms with Crippen LogP contribution in [0.2, 0.25) is 0 Å². The minimum absolute atomic E-state index is 0.0406. The number of hydrogen-bond donors (Lipinski definition) is 0. The minimum Gasteiger partial charge on any atom is -0.308 e. The van der Waals surface area contributed by atoms with Crippen molar-refractivity contribution in [3.05, 3.63) is 76.8 Å². The van der Waals surface area contributed by atoms with Gasteiger partial charge in [0.25, 0.3) is 5.91 Å². The standard InChI is InChI=1S/C20H16N2OS/c23-20(6-4-18-2-1-13-24-18)22-12-9-17-14-16(3-5-19(17)22)15-7-10-21-11-8-15/h1-8,10-11,13-14H,9,12H2. The number of nitrogens with zero attached hydrogens (tertiary/aromatic N) is 2. The zero-order valence-electron chi connectivity index (χ0n) is 13.1. The fourth-order valence-electron chi connectivity index (χ4n) is 2.98. The Morgan fingerprint density at radius 1 is 1.12 bits per heavy atom. The van der Waals surface area contributed by atoms with E-state index in [1.54, 1.807) is 29.8 Å². The second-order valence-corrected chi connectivity index (χ2v) is 6.65. The van der Waals surface area contributed by atoms with Gasteiger partial charge in [0.1, 0.15) is 0 Å². The third-order valence-electron chi connectivity index (χ3n) is 4.19. The highest BCUT2D eigenvalue weighted by molar-refractivity contribution is 7.10. The van der Waals surface area contributed by atoms with Crippen LogP contribution < -0.4 is 4.90 Å². The Morgan fingerprint density at radius 3 is 2.79 bits per heavy atom. The number of carbonyl (C=O) groups excluding carboxylic acids is 1. The van der Waals surface area contributed by atoms with E-state index in [1.165, 1.54) is 11.1 Å². The van der Waals surface area contributed by atoms with E-state index in [1.807, 2.05) is 40.6 Å². The predicted molar refractivity (Wildman–Crippen MR) is 99.1 cm³/mol. The molecule has 3 nitrogen and oxygen atoms in total. The molecule has 3 aromatic rings. The summed E-state index contributed by atoms with van der Waals surface area (Å²) >= 11 is 1.63. The van der Waals surface area contributed by atoms with Crippen molar-refractivity contribution < 1.29 is 4.79 Å². The van der Waals surface area contributed by atoms with Crippen molar-refractivity contribution in [1.29, 1.82) is 0 Å². The van der Waals surface area contributed by atoms with Crippen LogP contribution in [-0.4, -0.2) is 17.4 Å². The van der Waals surface area contributed by atoms with E-state index in [4.69, 9.17) is 0 Å². The molecule has 1 aromatic carbocycles. The lowest BCUT2D eigenvalue weighted by Crippen LogP contribution is -2.26. The molecule has 4 heteroatoms. The molecule has 0 aliphatic carbocycles. The molecule has 0 unspecified atom stereocenters. The first kappa shape index (κ1) is 14.8. The van der Waals surface area contributed by atoms with Crippen molar-refractivity contribution >= 4 is 29.0 Å². The van der Waals surface area contributed by atoms with Crippen LogP contribution in [-0.2, 0) is 11.2 Å². The van der Waals surface area contributed by atoms with Crippen LogP contribution >= 0.6 is 11.3 Å². The molecule has 1 amide bonds. The Bertz CT molecular complexity index is 885. The highest BCUT2D eigenvalue weighted by atomic mass is 32.1. The summed E-state index contributed by atoms with van der Waals surface area (Å²) in [6, 6.07) is 14.3. The van der Waals surface area contributed by atoms with Gasteiger partial charge in [0.05, 0.1) is 0 Å². The number of aromatic nitrogens is 1. The molecular formula is C20H16N2OS. The molecule has 0 spiro atoms. The quantitative estimate of drug-likeness (QED) is 0.666. The Labute approximate surface area is 144 Å². The number of rotatable bonds is 3. The van der Waals surface area contributed by atoms with Gasteiger partial charge in [-0.3, -0.25) is 9.78 Å². The van der Waals surface area contributed by atoms with Gasteiger partial charge >= 0.3 is 0 Å². The SMILES string of the molecule is O=C(C=Cc1cccs1)N1CCc2cc(-c3ccncc3)ccc21. The van der Waals surface area contributed by atoms with Crippen LogP contribution in [0.15, 0.2) is 66.3 Å². The van der Waals surface area contributed by atoms with Crippen molar-refractivity contribution in [3.8, 4) is 11.1 Å². The molecule has 0 bridgehead atoms. The van der Waals surface area contributed by atoms with E-state index in [0.717, 1.165) is 29.1 Å². The van der Waals surface area contributed by atoms with Gasteiger partial charge < -0.3 is 4.90 Å². The normalized spacial score (nSPS) is 13.4. The summed E-state index contributed by atoms with van der Waals surface area (Å²) in [5.74, 6) is 0.0406. The zero-order chi connectivity index (χ0) is 16.4. The summed E-state index contributed by atoms with van der Waals surface area (Å²) in [6.45, 7) is 0.739. The number of fused-ring (bicyclic) bond motifs is 1. The molecule has 0 atom stereocenters. The van der Waals surface area contributed by atoms with Crippen LogP contribution in [0.4, 0.5) is 5.69 Å².